The molecule has 0 aliphatic heterocycles. The summed E-state index contributed by atoms with van der Waals surface area (Å²) in [7, 11) is 0. The minimum absolute atomic E-state index is 0.0231. The third-order valence-corrected chi connectivity index (χ3v) is 3.59. The number of halogens is 1. The van der Waals surface area contributed by atoms with Crippen LogP contribution in [0.4, 0.5) is 0 Å². The van der Waals surface area contributed by atoms with Gasteiger partial charge in [0.25, 0.3) is 0 Å². The summed E-state index contributed by atoms with van der Waals surface area (Å²) in [4.78, 5) is 11.3. The van der Waals surface area contributed by atoms with Gasteiger partial charge in [0.2, 0.25) is 0 Å². The van der Waals surface area contributed by atoms with E-state index in [1.54, 1.807) is 0 Å². The number of hydrogen-bond donors (Lipinski definition) is 0. The SMILES string of the molecule is CCC(I)C(=O)OC1CCCC1. The van der Waals surface area contributed by atoms with Gasteiger partial charge >= 0.3 is 5.97 Å². The first-order valence-corrected chi connectivity index (χ1v) is 5.83. The van der Waals surface area contributed by atoms with E-state index in [0.29, 0.717) is 0 Å². The maximum Gasteiger partial charge on any atom is 0.319 e. The molecule has 1 saturated carbocycles. The second-order valence-corrected chi connectivity index (χ2v) is 4.72. The van der Waals surface area contributed by atoms with Gasteiger partial charge in [-0.25, -0.2) is 0 Å². The quantitative estimate of drug-likeness (QED) is 0.452. The van der Waals surface area contributed by atoms with Gasteiger partial charge in [0.1, 0.15) is 10.0 Å². The Morgan fingerprint density at radius 3 is 2.67 bits per heavy atom. The first kappa shape index (κ1) is 10.3. The van der Waals surface area contributed by atoms with E-state index >= 15 is 0 Å². The van der Waals surface area contributed by atoms with Crippen molar-refractivity contribution in [2.24, 2.45) is 0 Å². The molecule has 1 aliphatic rings. The van der Waals surface area contributed by atoms with Crippen LogP contribution in [-0.2, 0) is 9.53 Å². The van der Waals surface area contributed by atoms with Crippen LogP contribution in [0.25, 0.3) is 0 Å². The predicted octanol–water partition coefficient (Wildman–Crippen LogP) is 2.69. The molecule has 0 amide bonds. The summed E-state index contributed by atoms with van der Waals surface area (Å²) in [6, 6.07) is 0. The van der Waals surface area contributed by atoms with Crippen LogP contribution in [0.1, 0.15) is 39.0 Å². The molecule has 0 aromatic rings. The number of hydrogen-bond acceptors (Lipinski definition) is 2. The zero-order valence-electron chi connectivity index (χ0n) is 7.38. The average Bonchev–Trinajstić information content (AvgIpc) is 2.55. The molecule has 12 heavy (non-hydrogen) atoms. The van der Waals surface area contributed by atoms with Crippen LogP contribution in [0.3, 0.4) is 0 Å². The van der Waals surface area contributed by atoms with Gasteiger partial charge in [-0.3, -0.25) is 4.79 Å². The van der Waals surface area contributed by atoms with Gasteiger partial charge in [0, 0.05) is 0 Å². The van der Waals surface area contributed by atoms with Gasteiger partial charge < -0.3 is 4.74 Å². The van der Waals surface area contributed by atoms with Gasteiger partial charge in [-0.15, -0.1) is 0 Å². The molecule has 0 spiro atoms. The number of esters is 1. The second-order valence-electron chi connectivity index (χ2n) is 3.22. The smallest absolute Gasteiger partial charge is 0.319 e. The van der Waals surface area contributed by atoms with Crippen molar-refractivity contribution in [1.82, 2.24) is 0 Å². The molecule has 0 aromatic carbocycles. The summed E-state index contributed by atoms with van der Waals surface area (Å²) in [5.41, 5.74) is 0. The minimum atomic E-state index is -0.0231. The molecule has 3 heteroatoms. The fourth-order valence-electron chi connectivity index (χ4n) is 1.41. The van der Waals surface area contributed by atoms with E-state index in [1.807, 2.05) is 6.92 Å². The maximum absolute atomic E-state index is 11.3. The summed E-state index contributed by atoms with van der Waals surface area (Å²) in [5.74, 6) is -0.0231. The maximum atomic E-state index is 11.3. The van der Waals surface area contributed by atoms with E-state index in [9.17, 15) is 4.79 Å². The Morgan fingerprint density at radius 1 is 1.58 bits per heavy atom. The molecular formula is C9H15IO2. The summed E-state index contributed by atoms with van der Waals surface area (Å²) < 4.78 is 5.36. The number of carbonyl (C=O) groups excluding carboxylic acids is 1. The molecule has 0 aromatic heterocycles. The van der Waals surface area contributed by atoms with E-state index in [4.69, 9.17) is 4.74 Å². The zero-order chi connectivity index (χ0) is 8.97. The molecule has 0 saturated heterocycles. The van der Waals surface area contributed by atoms with Crippen molar-refractivity contribution < 1.29 is 9.53 Å². The molecule has 1 aliphatic carbocycles. The Bertz CT molecular complexity index is 153. The molecule has 1 atom stereocenters. The topological polar surface area (TPSA) is 26.3 Å². The van der Waals surface area contributed by atoms with Crippen molar-refractivity contribution in [1.29, 1.82) is 0 Å². The lowest BCUT2D eigenvalue weighted by atomic mass is 10.3. The summed E-state index contributed by atoms with van der Waals surface area (Å²) in [6.45, 7) is 2.01. The lowest BCUT2D eigenvalue weighted by Gasteiger charge is -2.13. The molecule has 70 valence electrons. The Hall–Kier alpha value is 0.200. The number of ether oxygens (including phenoxy) is 1. The molecule has 0 bridgehead atoms. The van der Waals surface area contributed by atoms with Crippen molar-refractivity contribution in [2.75, 3.05) is 0 Å². The summed E-state index contributed by atoms with van der Waals surface area (Å²) in [5, 5.41) is 0. The molecule has 0 radical (unpaired) electrons. The highest BCUT2D eigenvalue weighted by molar-refractivity contribution is 14.1. The monoisotopic (exact) mass is 282 g/mol. The van der Waals surface area contributed by atoms with Gasteiger partial charge in [-0.05, 0) is 32.1 Å². The Labute approximate surface area is 87.2 Å². The highest BCUT2D eigenvalue weighted by Gasteiger charge is 2.22. The highest BCUT2D eigenvalue weighted by atomic mass is 127. The normalized spacial score (nSPS) is 20.8. The Morgan fingerprint density at radius 2 is 2.17 bits per heavy atom. The molecule has 0 N–H and O–H groups in total. The van der Waals surface area contributed by atoms with Crippen molar-refractivity contribution in [3.63, 3.8) is 0 Å². The van der Waals surface area contributed by atoms with Crippen molar-refractivity contribution >= 4 is 28.6 Å². The lowest BCUT2D eigenvalue weighted by molar-refractivity contribution is -0.147. The van der Waals surface area contributed by atoms with Crippen LogP contribution in [0.15, 0.2) is 0 Å². The van der Waals surface area contributed by atoms with E-state index in [0.717, 1.165) is 19.3 Å². The third-order valence-electron chi connectivity index (χ3n) is 2.20. The molecule has 1 fully saturated rings. The standard InChI is InChI=1S/C9H15IO2/c1-2-8(10)9(11)12-7-5-3-4-6-7/h7-8H,2-6H2,1H3. The van der Waals surface area contributed by atoms with Gasteiger partial charge in [0.05, 0.1) is 0 Å². The molecule has 0 heterocycles. The Kier molecular flexibility index (Phi) is 4.32. The molecule has 1 unspecified atom stereocenters. The van der Waals surface area contributed by atoms with E-state index in [-0.39, 0.29) is 16.0 Å². The minimum Gasteiger partial charge on any atom is -0.462 e. The Balaban J connectivity index is 2.25. The van der Waals surface area contributed by atoms with Gasteiger partial charge in [0.15, 0.2) is 0 Å². The number of carbonyl (C=O) groups is 1. The summed E-state index contributed by atoms with van der Waals surface area (Å²) >= 11 is 2.14. The van der Waals surface area contributed by atoms with E-state index < -0.39 is 0 Å². The third kappa shape index (κ3) is 2.92. The largest absolute Gasteiger partial charge is 0.462 e. The van der Waals surface area contributed by atoms with Gasteiger partial charge in [-0.1, -0.05) is 29.5 Å². The van der Waals surface area contributed by atoms with Crippen molar-refractivity contribution in [2.45, 2.75) is 49.1 Å². The average molecular weight is 282 g/mol. The van der Waals surface area contributed by atoms with Crippen LogP contribution in [0.5, 0.6) is 0 Å². The number of alkyl halides is 1. The molecular weight excluding hydrogens is 267 g/mol. The van der Waals surface area contributed by atoms with Gasteiger partial charge in [-0.2, -0.15) is 0 Å². The van der Waals surface area contributed by atoms with E-state index in [2.05, 4.69) is 22.6 Å². The van der Waals surface area contributed by atoms with Crippen LogP contribution in [0.2, 0.25) is 0 Å². The van der Waals surface area contributed by atoms with Crippen molar-refractivity contribution in [3.8, 4) is 0 Å². The van der Waals surface area contributed by atoms with Crippen LogP contribution < -0.4 is 0 Å². The zero-order valence-corrected chi connectivity index (χ0v) is 9.54. The highest BCUT2D eigenvalue weighted by Crippen LogP contribution is 2.22. The molecule has 1 rings (SSSR count). The summed E-state index contributed by atoms with van der Waals surface area (Å²) in [6.07, 6.45) is 5.66. The second kappa shape index (κ2) is 5.04. The molecule has 2 nitrogen and oxygen atoms in total. The fourth-order valence-corrected chi connectivity index (χ4v) is 1.56. The number of rotatable bonds is 3. The van der Waals surface area contributed by atoms with E-state index in [1.165, 1.54) is 12.8 Å². The van der Waals surface area contributed by atoms with Crippen molar-refractivity contribution in [3.05, 3.63) is 0 Å². The fraction of sp³-hybridized carbons (Fsp3) is 0.889. The predicted molar refractivity (Wildman–Crippen MR) is 56.4 cm³/mol. The van der Waals surface area contributed by atoms with Crippen LogP contribution in [-0.4, -0.2) is 16.0 Å². The lowest BCUT2D eigenvalue weighted by Crippen LogP contribution is -2.21. The first-order chi connectivity index (χ1) is 5.74. The van der Waals surface area contributed by atoms with Crippen LogP contribution >= 0.6 is 22.6 Å². The van der Waals surface area contributed by atoms with Crippen LogP contribution in [0, 0.1) is 0 Å². The first-order valence-electron chi connectivity index (χ1n) is 4.58.